The maximum atomic E-state index is 14.0. The summed E-state index contributed by atoms with van der Waals surface area (Å²) in [5.41, 5.74) is 14.5. The topological polar surface area (TPSA) is 64.4 Å². The van der Waals surface area contributed by atoms with Gasteiger partial charge < -0.3 is 11.5 Å². The highest BCUT2D eigenvalue weighted by atomic mass is 35.5. The first-order chi connectivity index (χ1) is 12.4. The van der Waals surface area contributed by atoms with Crippen LogP contribution >= 0.6 is 11.6 Å². The van der Waals surface area contributed by atoms with Crippen LogP contribution in [0.3, 0.4) is 0 Å². The van der Waals surface area contributed by atoms with E-state index < -0.39 is 5.82 Å². The molecule has 0 saturated carbocycles. The predicted octanol–water partition coefficient (Wildman–Crippen LogP) is 5.16. The Morgan fingerprint density at radius 3 is 2.54 bits per heavy atom. The Morgan fingerprint density at radius 1 is 1.27 bits per heavy atom. The number of nitrogens with two attached hydrogens (primary N) is 2. The van der Waals surface area contributed by atoms with Gasteiger partial charge >= 0.3 is 0 Å². The van der Waals surface area contributed by atoms with Gasteiger partial charge in [-0.05, 0) is 73.7 Å². The van der Waals surface area contributed by atoms with Crippen LogP contribution in [0.2, 0.25) is 5.02 Å². The van der Waals surface area contributed by atoms with Crippen molar-refractivity contribution in [2.24, 2.45) is 16.5 Å². The van der Waals surface area contributed by atoms with Gasteiger partial charge in [-0.2, -0.15) is 0 Å². The van der Waals surface area contributed by atoms with Crippen LogP contribution < -0.4 is 11.5 Å². The summed E-state index contributed by atoms with van der Waals surface area (Å²) in [5.74, 6) is -0.456. The zero-order chi connectivity index (χ0) is 19.5. The average molecular weight is 374 g/mol. The van der Waals surface area contributed by atoms with Gasteiger partial charge in [0.25, 0.3) is 0 Å². The molecular weight excluding hydrogens is 349 g/mol. The summed E-state index contributed by atoms with van der Waals surface area (Å²) < 4.78 is 14.0. The van der Waals surface area contributed by atoms with Gasteiger partial charge in [0.15, 0.2) is 0 Å². The van der Waals surface area contributed by atoms with Gasteiger partial charge in [0, 0.05) is 6.21 Å². The lowest BCUT2D eigenvalue weighted by atomic mass is 9.91. The van der Waals surface area contributed by atoms with Crippen molar-refractivity contribution in [2.45, 2.75) is 26.3 Å². The molecule has 3 nitrogen and oxygen atoms in total. The van der Waals surface area contributed by atoms with Crippen LogP contribution in [-0.4, -0.2) is 12.3 Å². The summed E-state index contributed by atoms with van der Waals surface area (Å²) in [4.78, 5) is 4.45. The van der Waals surface area contributed by atoms with Crippen molar-refractivity contribution in [2.75, 3.05) is 0 Å². The Labute approximate surface area is 160 Å². The average Bonchev–Trinajstić information content (AvgIpc) is 2.63. The summed E-state index contributed by atoms with van der Waals surface area (Å²) in [5, 5.41) is 0.0930. The van der Waals surface area contributed by atoms with Crippen LogP contribution in [0.5, 0.6) is 0 Å². The standard InChI is InChI=1S/C21H25ClFN3/c1-4-21(26-12-6-11-25)16(3)18(13-15(2)7-5-10-24)17-8-9-19(22)20(23)14-17/h4-12,14,21H,1,13,24-25H2,2-3H3/b10-5-,11-6-,15-7-,18-16-,26-12?. The SMILES string of the molecule is C=CC(N=C/C=C\N)/C(C)=C(/C/C(C)=C\C=C/N)c1ccc(Cl)c(F)c1. The molecule has 0 amide bonds. The number of rotatable bonds is 8. The number of allylic oxidation sites excluding steroid dienone is 5. The van der Waals surface area contributed by atoms with Crippen molar-refractivity contribution in [1.29, 1.82) is 0 Å². The van der Waals surface area contributed by atoms with E-state index in [2.05, 4.69) is 11.6 Å². The highest BCUT2D eigenvalue weighted by Crippen LogP contribution is 2.30. The molecule has 0 aliphatic heterocycles. The molecule has 0 spiro atoms. The van der Waals surface area contributed by atoms with Crippen molar-refractivity contribution < 1.29 is 4.39 Å². The number of hydrogen-bond acceptors (Lipinski definition) is 3. The maximum Gasteiger partial charge on any atom is 0.142 e. The van der Waals surface area contributed by atoms with Gasteiger partial charge in [0.2, 0.25) is 0 Å². The fourth-order valence-corrected chi connectivity index (χ4v) is 2.55. The highest BCUT2D eigenvalue weighted by Gasteiger charge is 2.14. The second-order valence-corrected chi connectivity index (χ2v) is 6.14. The molecule has 138 valence electrons. The van der Waals surface area contributed by atoms with Crippen molar-refractivity contribution in [3.63, 3.8) is 0 Å². The van der Waals surface area contributed by atoms with E-state index in [0.29, 0.717) is 6.42 Å². The molecule has 1 aromatic rings. The van der Waals surface area contributed by atoms with Gasteiger partial charge in [-0.15, -0.1) is 6.58 Å². The molecular formula is C21H25ClFN3. The Kier molecular flexibility index (Phi) is 9.17. The lowest BCUT2D eigenvalue weighted by molar-refractivity contribution is 0.627. The Hall–Kier alpha value is -2.59. The van der Waals surface area contributed by atoms with Crippen molar-refractivity contribution in [3.05, 3.63) is 89.0 Å². The van der Waals surface area contributed by atoms with Crippen LogP contribution in [0.4, 0.5) is 4.39 Å². The van der Waals surface area contributed by atoms with E-state index in [9.17, 15) is 4.39 Å². The molecule has 1 aromatic carbocycles. The van der Waals surface area contributed by atoms with Crippen molar-refractivity contribution in [3.8, 4) is 0 Å². The number of aliphatic imine (C=N–C) groups is 1. The molecule has 0 fully saturated rings. The number of benzene rings is 1. The summed E-state index contributed by atoms with van der Waals surface area (Å²) in [6.07, 6.45) is 12.2. The zero-order valence-electron chi connectivity index (χ0n) is 15.1. The molecule has 0 aliphatic rings. The first-order valence-electron chi connectivity index (χ1n) is 8.16. The largest absolute Gasteiger partial charge is 0.405 e. The van der Waals surface area contributed by atoms with Gasteiger partial charge in [-0.3, -0.25) is 4.99 Å². The molecule has 0 saturated heterocycles. The quantitative estimate of drug-likeness (QED) is 0.375. The first-order valence-corrected chi connectivity index (χ1v) is 8.54. The van der Waals surface area contributed by atoms with E-state index in [1.54, 1.807) is 36.6 Å². The molecule has 5 heteroatoms. The predicted molar refractivity (Wildman–Crippen MR) is 112 cm³/mol. The van der Waals surface area contributed by atoms with Crippen molar-refractivity contribution >= 4 is 23.4 Å². The van der Waals surface area contributed by atoms with E-state index in [1.165, 1.54) is 18.5 Å². The van der Waals surface area contributed by atoms with Gasteiger partial charge in [0.1, 0.15) is 5.82 Å². The van der Waals surface area contributed by atoms with E-state index >= 15 is 0 Å². The zero-order valence-corrected chi connectivity index (χ0v) is 15.9. The molecule has 0 heterocycles. The number of hydrogen-bond donors (Lipinski definition) is 2. The van der Waals surface area contributed by atoms with Crippen LogP contribution in [0.15, 0.2) is 77.6 Å². The summed E-state index contributed by atoms with van der Waals surface area (Å²) in [6, 6.07) is 4.55. The van der Waals surface area contributed by atoms with Crippen LogP contribution in [0.25, 0.3) is 5.57 Å². The van der Waals surface area contributed by atoms with Gasteiger partial charge in [-0.1, -0.05) is 35.4 Å². The Bertz CT molecular complexity index is 773. The molecule has 0 bridgehead atoms. The molecule has 1 unspecified atom stereocenters. The Balaban J connectivity index is 3.44. The van der Waals surface area contributed by atoms with E-state index in [4.69, 9.17) is 23.1 Å². The molecule has 1 atom stereocenters. The van der Waals surface area contributed by atoms with Crippen LogP contribution in [0.1, 0.15) is 25.8 Å². The maximum absolute atomic E-state index is 14.0. The minimum atomic E-state index is -0.456. The summed E-state index contributed by atoms with van der Waals surface area (Å²) in [7, 11) is 0. The fraction of sp³-hybridized carbons (Fsp3) is 0.190. The number of nitrogens with zero attached hydrogens (tertiary/aromatic N) is 1. The second kappa shape index (κ2) is 11.1. The van der Waals surface area contributed by atoms with Crippen LogP contribution in [0, 0.1) is 5.82 Å². The smallest absolute Gasteiger partial charge is 0.142 e. The Morgan fingerprint density at radius 2 is 1.96 bits per heavy atom. The first kappa shape index (κ1) is 21.5. The van der Waals surface area contributed by atoms with Gasteiger partial charge in [-0.25, -0.2) is 4.39 Å². The van der Waals surface area contributed by atoms with Crippen LogP contribution in [-0.2, 0) is 0 Å². The van der Waals surface area contributed by atoms with E-state index in [-0.39, 0.29) is 11.1 Å². The molecule has 0 radical (unpaired) electrons. The summed E-state index contributed by atoms with van der Waals surface area (Å²) >= 11 is 5.83. The lowest BCUT2D eigenvalue weighted by Gasteiger charge is -2.17. The third kappa shape index (κ3) is 6.37. The monoisotopic (exact) mass is 373 g/mol. The molecule has 26 heavy (non-hydrogen) atoms. The minimum Gasteiger partial charge on any atom is -0.405 e. The number of halogens is 2. The molecule has 4 N–H and O–H groups in total. The normalized spacial score (nSPS) is 15.0. The second-order valence-electron chi connectivity index (χ2n) is 5.73. The summed E-state index contributed by atoms with van der Waals surface area (Å²) in [6.45, 7) is 7.81. The molecule has 1 rings (SSSR count). The fourth-order valence-electron chi connectivity index (χ4n) is 2.43. The third-order valence-corrected chi connectivity index (χ3v) is 4.11. The third-order valence-electron chi connectivity index (χ3n) is 3.80. The van der Waals surface area contributed by atoms with Crippen molar-refractivity contribution in [1.82, 2.24) is 0 Å². The van der Waals surface area contributed by atoms with Gasteiger partial charge in [0.05, 0.1) is 11.1 Å². The van der Waals surface area contributed by atoms with E-state index in [1.807, 2.05) is 19.9 Å². The minimum absolute atomic E-state index is 0.0930. The highest BCUT2D eigenvalue weighted by molar-refractivity contribution is 6.30. The lowest BCUT2D eigenvalue weighted by Crippen LogP contribution is -2.06. The molecule has 0 aliphatic carbocycles. The van der Waals surface area contributed by atoms with E-state index in [0.717, 1.165) is 22.3 Å². The molecule has 0 aromatic heterocycles.